The summed E-state index contributed by atoms with van der Waals surface area (Å²) in [7, 11) is 6.71. The molecule has 0 saturated carbocycles. The average molecular weight is 603 g/mol. The zero-order chi connectivity index (χ0) is 31.7. The number of fused-ring (bicyclic) bond motifs is 3. The first kappa shape index (κ1) is 30.6. The highest BCUT2D eigenvalue weighted by atomic mass is 19.3. The van der Waals surface area contributed by atoms with Gasteiger partial charge in [-0.15, -0.1) is 0 Å². The first-order valence-corrected chi connectivity index (χ1v) is 14.1. The number of amides is 1. The van der Waals surface area contributed by atoms with E-state index in [0.29, 0.717) is 29.9 Å². The molecule has 5 rings (SSSR count). The number of aliphatic hydroxyl groups is 3. The predicted molar refractivity (Wildman–Crippen MR) is 152 cm³/mol. The minimum absolute atomic E-state index is 0.00406. The van der Waals surface area contributed by atoms with Crippen LogP contribution >= 0.6 is 0 Å². The highest BCUT2D eigenvalue weighted by Gasteiger charge is 2.63. The number of nitrogens with two attached hydrogens (primary N) is 1. The topological polar surface area (TPSA) is 168 Å². The Hall–Kier alpha value is -3.81. The number of carbonyl (C=O) groups excluding carboxylic acids is 3. The molecule has 4 aliphatic rings. The van der Waals surface area contributed by atoms with Gasteiger partial charge < -0.3 is 31.1 Å². The Morgan fingerprint density at radius 1 is 1.12 bits per heavy atom. The predicted octanol–water partition coefficient (Wildman–Crippen LogP) is 1.93. The van der Waals surface area contributed by atoms with Gasteiger partial charge in [-0.1, -0.05) is 0 Å². The van der Waals surface area contributed by atoms with Crippen LogP contribution in [0, 0.1) is 11.8 Å². The molecule has 1 fully saturated rings. The molecule has 0 radical (unpaired) electrons. The maximum absolute atomic E-state index is 14.2. The number of halogens is 2. The fraction of sp³-hybridized carbons (Fsp3) is 0.500. The fourth-order valence-corrected chi connectivity index (χ4v) is 7.28. The standard InChI is InChI=1S/C30H36F2N4O7/c1-34(2)18-11-15(12-36-7-5-13(6-8-36)28(31)32)23(37)20-16(18)9-14-10-17-22(35(3)4)25(39)21(29(33)42)27(41)30(17,43)26(40)19(14)24(20)38/h11,14,17,22,37,39-40,43H,5-10,12H2,1-4H3,(H2,33,42)/t14?,17?,22-,30?/m0/s1. The van der Waals surface area contributed by atoms with Crippen molar-refractivity contribution >= 4 is 23.2 Å². The number of likely N-dealkylation sites (tertiary alicyclic amines) is 1. The Balaban J connectivity index is 1.62. The maximum atomic E-state index is 14.2. The molecule has 0 bridgehead atoms. The van der Waals surface area contributed by atoms with E-state index in [-0.39, 0.29) is 54.7 Å². The zero-order valence-electron chi connectivity index (χ0n) is 24.4. The van der Waals surface area contributed by atoms with Crippen molar-refractivity contribution in [1.29, 1.82) is 0 Å². The summed E-state index contributed by atoms with van der Waals surface area (Å²) >= 11 is 0. The van der Waals surface area contributed by atoms with Crippen LogP contribution in [0.5, 0.6) is 5.75 Å². The van der Waals surface area contributed by atoms with Crippen molar-refractivity contribution in [3.63, 3.8) is 0 Å². The normalized spacial score (nSPS) is 27.7. The van der Waals surface area contributed by atoms with Gasteiger partial charge in [0.15, 0.2) is 11.4 Å². The molecule has 0 aromatic heterocycles. The van der Waals surface area contributed by atoms with Gasteiger partial charge in [0.2, 0.25) is 5.78 Å². The lowest BCUT2D eigenvalue weighted by atomic mass is 9.58. The van der Waals surface area contributed by atoms with Crippen molar-refractivity contribution in [2.45, 2.75) is 43.9 Å². The molecule has 3 aliphatic carbocycles. The van der Waals surface area contributed by atoms with Crippen molar-refractivity contribution in [2.24, 2.45) is 17.6 Å². The molecule has 43 heavy (non-hydrogen) atoms. The molecule has 13 heteroatoms. The van der Waals surface area contributed by atoms with Gasteiger partial charge in [-0.3, -0.25) is 24.2 Å². The SMILES string of the molecule is CN(C)c1cc(CN2CCC(=C(F)F)CC2)c(O)c2c1CC1CC3[C@H](N(C)C)C(O)=C(C(N)=O)C(=O)C3(O)C(O)=C1C2=O. The number of anilines is 1. The van der Waals surface area contributed by atoms with Gasteiger partial charge in [0.05, 0.1) is 11.6 Å². The second-order valence-electron chi connectivity index (χ2n) is 12.3. The van der Waals surface area contributed by atoms with Crippen LogP contribution in [-0.4, -0.2) is 101 Å². The van der Waals surface area contributed by atoms with Gasteiger partial charge in [0.1, 0.15) is 22.8 Å². The molecular weight excluding hydrogens is 566 g/mol. The van der Waals surface area contributed by atoms with Gasteiger partial charge >= 0.3 is 0 Å². The number of phenols is 1. The van der Waals surface area contributed by atoms with E-state index in [1.54, 1.807) is 39.2 Å². The number of hydrogen-bond acceptors (Lipinski definition) is 10. The second kappa shape index (κ2) is 10.7. The third-order valence-electron chi connectivity index (χ3n) is 9.38. The number of ketones is 2. The number of aliphatic hydroxyl groups excluding tert-OH is 2. The van der Waals surface area contributed by atoms with Crippen LogP contribution in [0.4, 0.5) is 14.5 Å². The Bertz CT molecular complexity index is 1520. The summed E-state index contributed by atoms with van der Waals surface area (Å²) in [6.07, 6.45) is -1.12. The maximum Gasteiger partial charge on any atom is 0.269 e. The van der Waals surface area contributed by atoms with Crippen molar-refractivity contribution in [1.82, 2.24) is 9.80 Å². The number of Topliss-reactive ketones (excluding diaryl/α,β-unsaturated/α-hetero) is 2. The van der Waals surface area contributed by atoms with Crippen LogP contribution < -0.4 is 10.6 Å². The summed E-state index contributed by atoms with van der Waals surface area (Å²) < 4.78 is 26.1. The summed E-state index contributed by atoms with van der Waals surface area (Å²) in [6, 6.07) is 0.691. The number of rotatable bonds is 5. The summed E-state index contributed by atoms with van der Waals surface area (Å²) in [5.74, 6) is -7.01. The first-order chi connectivity index (χ1) is 20.1. The zero-order valence-corrected chi connectivity index (χ0v) is 24.4. The van der Waals surface area contributed by atoms with Crippen LogP contribution in [0.2, 0.25) is 0 Å². The first-order valence-electron chi connectivity index (χ1n) is 14.1. The van der Waals surface area contributed by atoms with E-state index in [1.165, 1.54) is 4.90 Å². The van der Waals surface area contributed by atoms with Gasteiger partial charge in [-0.05, 0) is 62.9 Å². The number of piperidine rings is 1. The number of hydrogen-bond donors (Lipinski definition) is 5. The second-order valence-corrected chi connectivity index (χ2v) is 12.3. The molecule has 1 aliphatic heterocycles. The van der Waals surface area contributed by atoms with Crippen LogP contribution in [0.3, 0.4) is 0 Å². The number of allylic oxidation sites excluding steroid dienone is 1. The number of nitrogens with zero attached hydrogens (tertiary/aromatic N) is 3. The Morgan fingerprint density at radius 3 is 2.28 bits per heavy atom. The quantitative estimate of drug-likeness (QED) is 0.314. The highest BCUT2D eigenvalue weighted by Crippen LogP contribution is 2.53. The van der Waals surface area contributed by atoms with E-state index >= 15 is 0 Å². The Kier molecular flexibility index (Phi) is 7.64. The van der Waals surface area contributed by atoms with E-state index in [1.807, 2.05) is 4.90 Å². The van der Waals surface area contributed by atoms with Crippen LogP contribution in [0.1, 0.15) is 40.7 Å². The minimum Gasteiger partial charge on any atom is -0.510 e. The largest absolute Gasteiger partial charge is 0.510 e. The molecule has 1 saturated heterocycles. The van der Waals surface area contributed by atoms with Gasteiger partial charge in [-0.2, -0.15) is 8.78 Å². The lowest BCUT2D eigenvalue weighted by molar-refractivity contribution is -0.148. The van der Waals surface area contributed by atoms with Gasteiger partial charge in [-0.25, -0.2) is 0 Å². The Labute approximate surface area is 247 Å². The third kappa shape index (κ3) is 4.61. The molecule has 1 heterocycles. The van der Waals surface area contributed by atoms with Crippen molar-refractivity contribution < 1.29 is 43.6 Å². The molecule has 1 amide bonds. The molecule has 3 unspecified atom stereocenters. The minimum atomic E-state index is -2.72. The van der Waals surface area contributed by atoms with E-state index in [0.717, 1.165) is 0 Å². The van der Waals surface area contributed by atoms with Crippen LogP contribution in [0.15, 0.2) is 40.4 Å². The molecule has 0 spiro atoms. The fourth-order valence-electron chi connectivity index (χ4n) is 7.28. The smallest absolute Gasteiger partial charge is 0.269 e. The van der Waals surface area contributed by atoms with Crippen molar-refractivity contribution in [3.8, 4) is 5.75 Å². The lowest BCUT2D eigenvalue weighted by Gasteiger charge is -2.50. The van der Waals surface area contributed by atoms with E-state index in [9.17, 15) is 43.6 Å². The number of carbonyl (C=O) groups is 3. The lowest BCUT2D eigenvalue weighted by Crippen LogP contribution is -2.63. The van der Waals surface area contributed by atoms with Crippen molar-refractivity contribution in [3.05, 3.63) is 57.1 Å². The van der Waals surface area contributed by atoms with E-state index < -0.39 is 64.1 Å². The van der Waals surface area contributed by atoms with E-state index in [4.69, 9.17) is 5.73 Å². The number of aromatic hydroxyl groups is 1. The number of benzene rings is 1. The third-order valence-corrected chi connectivity index (χ3v) is 9.38. The summed E-state index contributed by atoms with van der Waals surface area (Å²) in [4.78, 5) is 45.0. The average Bonchev–Trinajstić information content (AvgIpc) is 2.92. The summed E-state index contributed by atoms with van der Waals surface area (Å²) in [5, 5.41) is 45.7. The summed E-state index contributed by atoms with van der Waals surface area (Å²) in [5.41, 5.74) is 3.16. The molecule has 1 aromatic carbocycles. The van der Waals surface area contributed by atoms with Crippen LogP contribution in [0.25, 0.3) is 0 Å². The molecule has 11 nitrogen and oxygen atoms in total. The summed E-state index contributed by atoms with van der Waals surface area (Å²) in [6.45, 7) is 0.868. The molecular formula is C30H36F2N4O7. The number of primary amides is 1. The van der Waals surface area contributed by atoms with E-state index in [2.05, 4.69) is 0 Å². The number of likely N-dealkylation sites (N-methyl/N-ethyl adjacent to an activating group) is 1. The van der Waals surface area contributed by atoms with Crippen LogP contribution in [-0.2, 0) is 22.6 Å². The molecule has 232 valence electrons. The highest BCUT2D eigenvalue weighted by molar-refractivity contribution is 6.25. The van der Waals surface area contributed by atoms with Crippen molar-refractivity contribution in [2.75, 3.05) is 46.2 Å². The molecule has 4 atom stereocenters. The Morgan fingerprint density at radius 2 is 1.74 bits per heavy atom. The molecule has 6 N–H and O–H groups in total. The monoisotopic (exact) mass is 602 g/mol. The molecule has 1 aromatic rings. The number of phenolic OH excluding ortho intramolecular Hbond substituents is 1. The van der Waals surface area contributed by atoms with Gasteiger partial charge in [0.25, 0.3) is 12.0 Å². The van der Waals surface area contributed by atoms with Gasteiger partial charge in [0, 0.05) is 56.5 Å².